The maximum absolute atomic E-state index is 14.2. The Morgan fingerprint density at radius 2 is 1.82 bits per heavy atom. The molecule has 2 aliphatic carbocycles. The summed E-state index contributed by atoms with van der Waals surface area (Å²) >= 11 is 3.27. The van der Waals surface area contributed by atoms with Crippen LogP contribution in [-0.2, 0) is 38.2 Å². The van der Waals surface area contributed by atoms with E-state index >= 15 is 0 Å². The van der Waals surface area contributed by atoms with E-state index in [1.165, 1.54) is 31.8 Å². The lowest BCUT2D eigenvalue weighted by molar-refractivity contribution is -0.206. The second kappa shape index (κ2) is 9.60. The van der Waals surface area contributed by atoms with Crippen LogP contribution in [0.5, 0.6) is 0 Å². The summed E-state index contributed by atoms with van der Waals surface area (Å²) in [5.41, 5.74) is -1.12. The average molecular weight is 609 g/mol. The number of fused-ring (bicyclic) bond motifs is 3. The average Bonchev–Trinajstić information content (AvgIpc) is 3.40. The first-order valence-corrected chi connectivity index (χ1v) is 14.6. The number of Topliss-reactive ketones (excluding diaryl/α,β-unsaturated/α-hetero) is 1. The standard InChI is InChI=1S/C27H29BrO9S/c1-26-10-8-18-25(31)36-21(15-9-11-35-14-15)13-27(18,2)23(26)22(29)20(12-19(26)24(30)34-3)37-38(32,33)17-6-4-16(28)5-7-17/h4-7,9,11,14,18-21,23H,8,10,12-13H2,1-3H3/t18-,19+,20+,21+,23+,26+,27+/m1/s1. The van der Waals surface area contributed by atoms with Crippen LogP contribution in [0.1, 0.15) is 51.2 Å². The van der Waals surface area contributed by atoms with Gasteiger partial charge in [-0.2, -0.15) is 8.42 Å². The van der Waals surface area contributed by atoms with Gasteiger partial charge in [-0.25, -0.2) is 0 Å². The van der Waals surface area contributed by atoms with Gasteiger partial charge in [0.05, 0.1) is 36.4 Å². The van der Waals surface area contributed by atoms with Crippen LogP contribution in [0.25, 0.3) is 0 Å². The molecule has 0 radical (unpaired) electrons. The normalized spacial score (nSPS) is 35.1. The summed E-state index contributed by atoms with van der Waals surface area (Å²) < 4.78 is 48.7. The van der Waals surface area contributed by atoms with Crippen molar-refractivity contribution < 1.29 is 40.9 Å². The number of halogens is 1. The molecule has 0 spiro atoms. The second-order valence-corrected chi connectivity index (χ2v) is 13.4. The Balaban J connectivity index is 1.56. The zero-order chi connectivity index (χ0) is 27.5. The fourth-order valence-corrected chi connectivity index (χ4v) is 8.38. The second-order valence-electron chi connectivity index (χ2n) is 10.9. The lowest BCUT2D eigenvalue weighted by atomic mass is 9.43. The number of esters is 2. The van der Waals surface area contributed by atoms with Crippen molar-refractivity contribution in [3.05, 3.63) is 52.9 Å². The molecule has 3 fully saturated rings. The molecule has 5 rings (SSSR count). The van der Waals surface area contributed by atoms with Gasteiger partial charge in [-0.3, -0.25) is 18.6 Å². The molecular formula is C27H29BrO9S. The van der Waals surface area contributed by atoms with E-state index in [1.807, 2.05) is 13.8 Å². The molecule has 1 aromatic carbocycles. The van der Waals surface area contributed by atoms with Crippen LogP contribution in [0.4, 0.5) is 0 Å². The lowest BCUT2D eigenvalue weighted by Crippen LogP contribution is -2.64. The van der Waals surface area contributed by atoms with Crippen molar-refractivity contribution in [2.75, 3.05) is 7.11 Å². The van der Waals surface area contributed by atoms with Crippen molar-refractivity contribution in [2.45, 2.75) is 56.6 Å². The maximum Gasteiger partial charge on any atom is 0.310 e. The molecule has 1 aromatic heterocycles. The van der Waals surface area contributed by atoms with Crippen molar-refractivity contribution >= 4 is 43.8 Å². The minimum absolute atomic E-state index is 0.106. The predicted octanol–water partition coefficient (Wildman–Crippen LogP) is 4.61. The van der Waals surface area contributed by atoms with Gasteiger partial charge < -0.3 is 13.9 Å². The van der Waals surface area contributed by atoms with Crippen LogP contribution in [0.3, 0.4) is 0 Å². The summed E-state index contributed by atoms with van der Waals surface area (Å²) in [4.78, 5) is 40.4. The molecule has 0 N–H and O–H groups in total. The van der Waals surface area contributed by atoms with Crippen LogP contribution in [-0.4, -0.2) is 39.4 Å². The van der Waals surface area contributed by atoms with Crippen molar-refractivity contribution in [3.8, 4) is 0 Å². The van der Waals surface area contributed by atoms with E-state index < -0.39 is 68.6 Å². The quantitative estimate of drug-likeness (QED) is 0.353. The van der Waals surface area contributed by atoms with E-state index in [4.69, 9.17) is 18.1 Å². The molecule has 1 aliphatic heterocycles. The highest BCUT2D eigenvalue weighted by Crippen LogP contribution is 2.65. The molecule has 7 atom stereocenters. The van der Waals surface area contributed by atoms with Crippen LogP contribution in [0.15, 0.2) is 56.6 Å². The Labute approximate surface area is 229 Å². The van der Waals surface area contributed by atoms with Gasteiger partial charge in [0.25, 0.3) is 10.1 Å². The number of ketones is 1. The summed E-state index contributed by atoms with van der Waals surface area (Å²) in [5.74, 6) is -3.62. The topological polar surface area (TPSA) is 126 Å². The highest BCUT2D eigenvalue weighted by atomic mass is 79.9. The molecule has 1 saturated heterocycles. The van der Waals surface area contributed by atoms with E-state index in [0.29, 0.717) is 29.3 Å². The third-order valence-electron chi connectivity index (χ3n) is 8.85. The van der Waals surface area contributed by atoms with E-state index in [1.54, 1.807) is 18.2 Å². The number of carbonyl (C=O) groups excluding carboxylic acids is 3. The largest absolute Gasteiger partial charge is 0.472 e. The number of methoxy groups -OCH3 is 1. The van der Waals surface area contributed by atoms with E-state index in [9.17, 15) is 22.8 Å². The highest BCUT2D eigenvalue weighted by molar-refractivity contribution is 9.10. The van der Waals surface area contributed by atoms with Gasteiger partial charge >= 0.3 is 11.9 Å². The molecule has 38 heavy (non-hydrogen) atoms. The Morgan fingerprint density at radius 1 is 1.11 bits per heavy atom. The molecule has 11 heteroatoms. The van der Waals surface area contributed by atoms with Gasteiger partial charge in [-0.1, -0.05) is 29.8 Å². The first kappa shape index (κ1) is 27.1. The van der Waals surface area contributed by atoms with Crippen molar-refractivity contribution in [1.82, 2.24) is 0 Å². The van der Waals surface area contributed by atoms with Crippen molar-refractivity contribution in [1.29, 1.82) is 0 Å². The number of hydrogen-bond acceptors (Lipinski definition) is 9. The first-order chi connectivity index (χ1) is 17.9. The minimum atomic E-state index is -4.33. The zero-order valence-corrected chi connectivity index (χ0v) is 23.6. The summed E-state index contributed by atoms with van der Waals surface area (Å²) in [7, 11) is -3.06. The zero-order valence-electron chi connectivity index (χ0n) is 21.2. The molecule has 2 heterocycles. The number of rotatable bonds is 5. The van der Waals surface area contributed by atoms with Gasteiger partial charge in [0, 0.05) is 16.0 Å². The fourth-order valence-electron chi connectivity index (χ4n) is 7.05. The fraction of sp³-hybridized carbons (Fsp3) is 0.519. The summed E-state index contributed by atoms with van der Waals surface area (Å²) in [6.45, 7) is 3.73. The maximum atomic E-state index is 14.2. The summed E-state index contributed by atoms with van der Waals surface area (Å²) in [5, 5.41) is 0. The predicted molar refractivity (Wildman–Crippen MR) is 136 cm³/mol. The third kappa shape index (κ3) is 4.32. The summed E-state index contributed by atoms with van der Waals surface area (Å²) in [6, 6.07) is 7.58. The molecule has 3 aliphatic rings. The van der Waals surface area contributed by atoms with Crippen LogP contribution in [0.2, 0.25) is 0 Å². The van der Waals surface area contributed by atoms with Crippen LogP contribution >= 0.6 is 15.9 Å². The molecule has 0 amide bonds. The van der Waals surface area contributed by atoms with Crippen molar-refractivity contribution in [3.63, 3.8) is 0 Å². The molecule has 9 nitrogen and oxygen atoms in total. The van der Waals surface area contributed by atoms with Crippen LogP contribution in [0, 0.1) is 28.6 Å². The Hall–Kier alpha value is -2.50. The smallest absolute Gasteiger partial charge is 0.310 e. The van der Waals surface area contributed by atoms with E-state index in [-0.39, 0.29) is 11.3 Å². The third-order valence-corrected chi connectivity index (χ3v) is 10.7. The minimum Gasteiger partial charge on any atom is -0.472 e. The molecule has 2 aromatic rings. The monoisotopic (exact) mass is 608 g/mol. The number of furan rings is 1. The van der Waals surface area contributed by atoms with Crippen LogP contribution < -0.4 is 0 Å². The van der Waals surface area contributed by atoms with Gasteiger partial charge in [-0.15, -0.1) is 0 Å². The summed E-state index contributed by atoms with van der Waals surface area (Å²) in [6.07, 6.45) is 1.96. The molecule has 0 bridgehead atoms. The van der Waals surface area contributed by atoms with E-state index in [0.717, 1.165) is 0 Å². The number of cyclic esters (lactones) is 1. The van der Waals surface area contributed by atoms with Gasteiger partial charge in [0.2, 0.25) is 0 Å². The SMILES string of the molecule is COC(=O)[C@@H]1C[C@H](OS(=O)(=O)c2ccc(Br)cc2)C(=O)[C@@H]2[C@@]3(C)C[C@@H](c4ccoc4)OC(=O)[C@H]3CC[C@]21C. The van der Waals surface area contributed by atoms with Gasteiger partial charge in [0.15, 0.2) is 5.78 Å². The van der Waals surface area contributed by atoms with Crippen molar-refractivity contribution in [2.24, 2.45) is 28.6 Å². The number of benzene rings is 1. The molecule has 0 unspecified atom stereocenters. The number of ether oxygens (including phenoxy) is 2. The molecule has 204 valence electrons. The Morgan fingerprint density at radius 3 is 2.45 bits per heavy atom. The first-order valence-electron chi connectivity index (χ1n) is 12.4. The van der Waals surface area contributed by atoms with Gasteiger partial charge in [-0.05, 0) is 66.8 Å². The van der Waals surface area contributed by atoms with E-state index in [2.05, 4.69) is 15.9 Å². The molecule has 2 saturated carbocycles. The Kier molecular flexibility index (Phi) is 6.84. The molecular weight excluding hydrogens is 580 g/mol. The Bertz CT molecular complexity index is 1350. The number of hydrogen-bond donors (Lipinski definition) is 0. The lowest BCUT2D eigenvalue weighted by Gasteiger charge is -2.61. The number of carbonyl (C=O) groups is 3. The highest BCUT2D eigenvalue weighted by Gasteiger charge is 2.67. The van der Waals surface area contributed by atoms with Gasteiger partial charge in [0.1, 0.15) is 12.2 Å².